The molecule has 4 rings (SSSR count). The molecule has 0 bridgehead atoms. The number of methoxy groups -OCH3 is 1. The Balaban J connectivity index is 1.53. The predicted octanol–water partition coefficient (Wildman–Crippen LogP) is 4.68. The van der Waals surface area contributed by atoms with Crippen molar-refractivity contribution in [1.82, 2.24) is 4.90 Å². The van der Waals surface area contributed by atoms with Crippen LogP contribution in [0.25, 0.3) is 0 Å². The van der Waals surface area contributed by atoms with Crippen molar-refractivity contribution in [2.75, 3.05) is 38.2 Å². The van der Waals surface area contributed by atoms with Crippen LogP contribution in [0.3, 0.4) is 0 Å². The summed E-state index contributed by atoms with van der Waals surface area (Å²) in [7, 11) is 1.72. The Morgan fingerprint density at radius 2 is 1.80 bits per heavy atom. The van der Waals surface area contributed by atoms with E-state index in [-0.39, 0.29) is 5.92 Å². The molecule has 1 aliphatic carbocycles. The summed E-state index contributed by atoms with van der Waals surface area (Å²) in [5.41, 5.74) is 1.89. The molecule has 1 N–H and O–H groups in total. The number of hydrogen-bond acceptors (Lipinski definition) is 4. The Kier molecular flexibility index (Phi) is 6.64. The molecule has 2 aliphatic rings. The van der Waals surface area contributed by atoms with Crippen LogP contribution in [0.1, 0.15) is 50.5 Å². The van der Waals surface area contributed by atoms with Crippen LogP contribution < -0.4 is 9.64 Å². The van der Waals surface area contributed by atoms with Crippen LogP contribution in [0.5, 0.6) is 5.75 Å². The van der Waals surface area contributed by atoms with Crippen LogP contribution in [0.4, 0.5) is 5.69 Å². The largest absolute Gasteiger partial charge is 0.497 e. The third-order valence-electron chi connectivity index (χ3n) is 7.17. The van der Waals surface area contributed by atoms with E-state index < -0.39 is 5.60 Å². The van der Waals surface area contributed by atoms with Gasteiger partial charge in [0, 0.05) is 43.8 Å². The average molecular weight is 409 g/mol. The van der Waals surface area contributed by atoms with E-state index in [1.165, 1.54) is 17.7 Å². The number of para-hydroxylation sites is 1. The molecule has 0 amide bonds. The molecule has 0 aromatic heterocycles. The summed E-state index contributed by atoms with van der Waals surface area (Å²) in [5, 5.41) is 11.7. The number of rotatable bonds is 6. The Bertz CT molecular complexity index is 804. The summed E-state index contributed by atoms with van der Waals surface area (Å²) >= 11 is 0. The molecular weight excluding hydrogens is 372 g/mol. The summed E-state index contributed by atoms with van der Waals surface area (Å²) in [6.07, 6.45) is 5.27. The zero-order valence-electron chi connectivity index (χ0n) is 18.5. The number of ether oxygens (including phenoxy) is 1. The lowest BCUT2D eigenvalue weighted by atomic mass is 9.72. The summed E-state index contributed by atoms with van der Waals surface area (Å²) in [6, 6.07) is 19.5. The highest BCUT2D eigenvalue weighted by Gasteiger charge is 2.40. The van der Waals surface area contributed by atoms with Crippen LogP contribution in [0.15, 0.2) is 54.6 Å². The minimum absolute atomic E-state index is 0.110. The molecule has 2 aromatic carbocycles. The quantitative estimate of drug-likeness (QED) is 0.753. The topological polar surface area (TPSA) is 35.9 Å². The second-order valence-electron chi connectivity index (χ2n) is 9.12. The van der Waals surface area contributed by atoms with E-state index in [9.17, 15) is 5.11 Å². The molecule has 1 saturated carbocycles. The minimum atomic E-state index is -0.624. The molecule has 1 heterocycles. The van der Waals surface area contributed by atoms with E-state index in [1.54, 1.807) is 7.11 Å². The zero-order valence-corrected chi connectivity index (χ0v) is 18.5. The van der Waals surface area contributed by atoms with Gasteiger partial charge in [0.1, 0.15) is 5.75 Å². The van der Waals surface area contributed by atoms with Gasteiger partial charge in [-0.3, -0.25) is 4.90 Å². The van der Waals surface area contributed by atoms with Gasteiger partial charge >= 0.3 is 0 Å². The van der Waals surface area contributed by atoms with Gasteiger partial charge in [0.05, 0.1) is 12.7 Å². The van der Waals surface area contributed by atoms with E-state index in [4.69, 9.17) is 4.74 Å². The molecule has 1 aliphatic heterocycles. The molecule has 2 atom stereocenters. The van der Waals surface area contributed by atoms with Crippen molar-refractivity contribution >= 4 is 5.69 Å². The van der Waals surface area contributed by atoms with Gasteiger partial charge in [0.2, 0.25) is 0 Å². The third kappa shape index (κ3) is 4.65. The summed E-state index contributed by atoms with van der Waals surface area (Å²) < 4.78 is 5.50. The standard InChI is InChI=1S/C26H36N2O2/c1-21-19-28(23-11-5-3-6-12-23)17-16-27(21)20-25(26(29)14-7-4-8-15-26)22-10-9-13-24(18-22)30-2/h3,5-6,9-13,18,21,25,29H,4,7-8,14-17,19-20H2,1-2H3. The van der Waals surface area contributed by atoms with Gasteiger partial charge in [0.25, 0.3) is 0 Å². The molecule has 30 heavy (non-hydrogen) atoms. The average Bonchev–Trinajstić information content (AvgIpc) is 2.79. The van der Waals surface area contributed by atoms with Crippen molar-refractivity contribution < 1.29 is 9.84 Å². The lowest BCUT2D eigenvalue weighted by molar-refractivity contribution is -0.0344. The van der Waals surface area contributed by atoms with Crippen LogP contribution in [-0.2, 0) is 0 Å². The number of piperazine rings is 1. The summed E-state index contributed by atoms with van der Waals surface area (Å²) in [5.74, 6) is 0.984. The Hall–Kier alpha value is -2.04. The number of hydrogen-bond donors (Lipinski definition) is 1. The number of anilines is 1. The van der Waals surface area contributed by atoms with E-state index in [0.717, 1.165) is 57.6 Å². The molecule has 162 valence electrons. The van der Waals surface area contributed by atoms with Gasteiger partial charge in [0.15, 0.2) is 0 Å². The van der Waals surface area contributed by atoms with Crippen LogP contribution in [0.2, 0.25) is 0 Å². The van der Waals surface area contributed by atoms with Gasteiger partial charge in [-0.05, 0) is 49.6 Å². The maximum atomic E-state index is 11.7. The van der Waals surface area contributed by atoms with Crippen LogP contribution >= 0.6 is 0 Å². The monoisotopic (exact) mass is 408 g/mol. The first-order chi connectivity index (χ1) is 14.6. The second kappa shape index (κ2) is 9.40. The maximum Gasteiger partial charge on any atom is 0.119 e. The van der Waals surface area contributed by atoms with Crippen molar-refractivity contribution in [3.05, 3.63) is 60.2 Å². The Morgan fingerprint density at radius 1 is 1.03 bits per heavy atom. The number of aliphatic hydroxyl groups is 1. The predicted molar refractivity (Wildman–Crippen MR) is 123 cm³/mol. The van der Waals surface area contributed by atoms with E-state index in [2.05, 4.69) is 65.3 Å². The van der Waals surface area contributed by atoms with Crippen molar-refractivity contribution in [1.29, 1.82) is 0 Å². The molecule has 0 spiro atoms. The molecule has 2 aromatic rings. The lowest BCUT2D eigenvalue weighted by Gasteiger charge is -2.46. The minimum Gasteiger partial charge on any atom is -0.497 e. The Morgan fingerprint density at radius 3 is 2.50 bits per heavy atom. The fourth-order valence-corrected chi connectivity index (χ4v) is 5.33. The molecule has 2 fully saturated rings. The summed E-state index contributed by atoms with van der Waals surface area (Å²) in [4.78, 5) is 5.06. The van der Waals surface area contributed by atoms with E-state index in [0.29, 0.717) is 6.04 Å². The highest BCUT2D eigenvalue weighted by Crippen LogP contribution is 2.41. The Labute approximate surface area is 181 Å². The first kappa shape index (κ1) is 21.2. The molecule has 1 saturated heterocycles. The van der Waals surface area contributed by atoms with Crippen molar-refractivity contribution in [2.45, 2.75) is 56.6 Å². The first-order valence-corrected chi connectivity index (χ1v) is 11.5. The van der Waals surface area contributed by atoms with Crippen LogP contribution in [-0.4, -0.2) is 54.9 Å². The SMILES string of the molecule is COc1cccc(C(CN2CCN(c3ccccc3)CC2C)C2(O)CCCCC2)c1. The first-order valence-electron chi connectivity index (χ1n) is 11.5. The second-order valence-corrected chi connectivity index (χ2v) is 9.12. The summed E-state index contributed by atoms with van der Waals surface area (Å²) in [6.45, 7) is 6.29. The highest BCUT2D eigenvalue weighted by atomic mass is 16.5. The van der Waals surface area contributed by atoms with Gasteiger partial charge in [-0.1, -0.05) is 49.6 Å². The maximum absolute atomic E-state index is 11.7. The smallest absolute Gasteiger partial charge is 0.119 e. The van der Waals surface area contributed by atoms with E-state index >= 15 is 0 Å². The van der Waals surface area contributed by atoms with Gasteiger partial charge in [-0.2, -0.15) is 0 Å². The van der Waals surface area contributed by atoms with Crippen molar-refractivity contribution in [2.24, 2.45) is 0 Å². The highest BCUT2D eigenvalue weighted by molar-refractivity contribution is 5.46. The lowest BCUT2D eigenvalue weighted by Crippen LogP contribution is -2.55. The molecule has 2 unspecified atom stereocenters. The van der Waals surface area contributed by atoms with Gasteiger partial charge in [-0.15, -0.1) is 0 Å². The fraction of sp³-hybridized carbons (Fsp3) is 0.538. The molecule has 4 nitrogen and oxygen atoms in total. The molecular formula is C26H36N2O2. The fourth-order valence-electron chi connectivity index (χ4n) is 5.33. The van der Waals surface area contributed by atoms with Crippen molar-refractivity contribution in [3.8, 4) is 5.75 Å². The van der Waals surface area contributed by atoms with Crippen LogP contribution in [0, 0.1) is 0 Å². The van der Waals surface area contributed by atoms with Gasteiger partial charge < -0.3 is 14.7 Å². The van der Waals surface area contributed by atoms with E-state index in [1.807, 2.05) is 6.07 Å². The van der Waals surface area contributed by atoms with Gasteiger partial charge in [-0.25, -0.2) is 0 Å². The number of nitrogens with zero attached hydrogens (tertiary/aromatic N) is 2. The molecule has 0 radical (unpaired) electrons. The molecule has 4 heteroatoms. The third-order valence-corrected chi connectivity index (χ3v) is 7.17. The normalized spacial score (nSPS) is 23.2. The van der Waals surface area contributed by atoms with Crippen molar-refractivity contribution in [3.63, 3.8) is 0 Å². The zero-order chi connectivity index (χ0) is 21.0. The number of benzene rings is 2.